The van der Waals surface area contributed by atoms with Crippen molar-refractivity contribution in [2.45, 2.75) is 13.8 Å². The molecule has 1 saturated heterocycles. The largest absolute Gasteiger partial charge is 0.414 e. The van der Waals surface area contributed by atoms with Crippen LogP contribution in [0.25, 0.3) is 22.4 Å². The molecule has 150 valence electrons. The average molecular weight is 423 g/mol. The Morgan fingerprint density at radius 2 is 1.96 bits per heavy atom. The molecular formula is C17H22N6O3S2. The number of nitrogens with zero attached hydrogens (tertiary/aromatic N) is 6. The first-order chi connectivity index (χ1) is 13.5. The van der Waals surface area contributed by atoms with Crippen LogP contribution in [0.4, 0.5) is 5.82 Å². The Hall–Kier alpha value is -2.37. The minimum absolute atomic E-state index is 0. The lowest BCUT2D eigenvalue weighted by atomic mass is 10.3. The molecule has 0 atom stereocenters. The molecule has 1 aliphatic rings. The van der Waals surface area contributed by atoms with Crippen molar-refractivity contribution >= 4 is 27.2 Å². The van der Waals surface area contributed by atoms with Gasteiger partial charge in [-0.3, -0.25) is 4.98 Å². The van der Waals surface area contributed by atoms with Crippen LogP contribution in [0.1, 0.15) is 14.0 Å². The fourth-order valence-electron chi connectivity index (χ4n) is 2.99. The van der Waals surface area contributed by atoms with Crippen molar-refractivity contribution in [2.75, 3.05) is 36.8 Å². The molecule has 0 aliphatic carbocycles. The first-order valence-electron chi connectivity index (χ1n) is 8.92. The molecule has 11 heteroatoms. The van der Waals surface area contributed by atoms with Crippen LogP contribution < -0.4 is 4.90 Å². The zero-order chi connectivity index (χ0) is 19.7. The van der Waals surface area contributed by atoms with Crippen molar-refractivity contribution in [3.8, 4) is 22.4 Å². The third-order valence-electron chi connectivity index (χ3n) is 4.62. The molecule has 0 bridgehead atoms. The van der Waals surface area contributed by atoms with E-state index in [1.807, 2.05) is 29.3 Å². The second kappa shape index (κ2) is 7.57. The Morgan fingerprint density at radius 3 is 2.64 bits per heavy atom. The van der Waals surface area contributed by atoms with Crippen LogP contribution in [0, 0.1) is 6.92 Å². The van der Waals surface area contributed by atoms with E-state index in [1.54, 1.807) is 13.1 Å². The maximum Gasteiger partial charge on any atom is 0.268 e. The minimum atomic E-state index is -3.17. The molecule has 0 aromatic carbocycles. The first kappa shape index (κ1) is 19.0. The van der Waals surface area contributed by atoms with Crippen LogP contribution >= 0.6 is 11.3 Å². The second-order valence-corrected chi connectivity index (χ2v) is 9.54. The summed E-state index contributed by atoms with van der Waals surface area (Å²) in [5.41, 5.74) is 1.23. The van der Waals surface area contributed by atoms with E-state index in [0.29, 0.717) is 55.2 Å². The number of hydrogen-bond acceptors (Lipinski definition) is 9. The number of aryl methyl sites for hydroxylation is 1. The highest BCUT2D eigenvalue weighted by molar-refractivity contribution is 7.89. The summed E-state index contributed by atoms with van der Waals surface area (Å²) in [7, 11) is -3.17. The number of thiophene rings is 1. The van der Waals surface area contributed by atoms with E-state index in [-0.39, 0.29) is 7.18 Å². The van der Waals surface area contributed by atoms with Gasteiger partial charge in [-0.15, -0.1) is 21.5 Å². The molecule has 0 amide bonds. The molecular weight excluding hydrogens is 400 g/mol. The van der Waals surface area contributed by atoms with Crippen molar-refractivity contribution in [3.05, 3.63) is 29.4 Å². The molecule has 9 nitrogen and oxygen atoms in total. The molecule has 0 saturated carbocycles. The van der Waals surface area contributed by atoms with Gasteiger partial charge < -0.3 is 9.32 Å². The van der Waals surface area contributed by atoms with Gasteiger partial charge in [-0.05, 0) is 25.3 Å². The Labute approximate surface area is 168 Å². The van der Waals surface area contributed by atoms with Crippen molar-refractivity contribution in [1.82, 2.24) is 24.5 Å². The van der Waals surface area contributed by atoms with Crippen LogP contribution in [0.5, 0.6) is 0 Å². The van der Waals surface area contributed by atoms with E-state index < -0.39 is 10.0 Å². The number of sulfonamides is 1. The Kier molecular flexibility index (Phi) is 5.13. The van der Waals surface area contributed by atoms with Crippen molar-refractivity contribution in [3.63, 3.8) is 0 Å². The molecule has 1 aliphatic heterocycles. The van der Waals surface area contributed by atoms with Gasteiger partial charge in [0.15, 0.2) is 5.69 Å². The summed E-state index contributed by atoms with van der Waals surface area (Å²) in [5.74, 6) is 1.56. The van der Waals surface area contributed by atoms with Crippen LogP contribution in [-0.2, 0) is 10.0 Å². The SMILES string of the molecule is CCS(=O)(=O)N1CCN(c2cnc(C)c(-c3nnc(-c4cccs4)o3)n2)CC1.[HH]. The predicted molar refractivity (Wildman–Crippen MR) is 109 cm³/mol. The fraction of sp³-hybridized carbons (Fsp3) is 0.412. The quantitative estimate of drug-likeness (QED) is 0.617. The third-order valence-corrected chi connectivity index (χ3v) is 7.36. The smallest absolute Gasteiger partial charge is 0.268 e. The zero-order valence-corrected chi connectivity index (χ0v) is 17.2. The van der Waals surface area contributed by atoms with Gasteiger partial charge in [-0.25, -0.2) is 13.4 Å². The maximum atomic E-state index is 12.0. The summed E-state index contributed by atoms with van der Waals surface area (Å²) in [6.07, 6.45) is 1.69. The van der Waals surface area contributed by atoms with Gasteiger partial charge in [0.2, 0.25) is 10.0 Å². The summed E-state index contributed by atoms with van der Waals surface area (Å²) < 4.78 is 31.4. The van der Waals surface area contributed by atoms with Crippen LogP contribution in [0.3, 0.4) is 0 Å². The van der Waals surface area contributed by atoms with Crippen LogP contribution in [0.2, 0.25) is 0 Å². The van der Waals surface area contributed by atoms with Crippen molar-refractivity contribution in [1.29, 1.82) is 0 Å². The number of piperazine rings is 1. The molecule has 3 aromatic heterocycles. The predicted octanol–water partition coefficient (Wildman–Crippen LogP) is 2.28. The van der Waals surface area contributed by atoms with E-state index in [1.165, 1.54) is 15.6 Å². The third kappa shape index (κ3) is 3.64. The monoisotopic (exact) mass is 422 g/mol. The molecule has 3 aromatic rings. The zero-order valence-electron chi connectivity index (χ0n) is 15.6. The lowest BCUT2D eigenvalue weighted by molar-refractivity contribution is 0.384. The number of anilines is 1. The summed E-state index contributed by atoms with van der Waals surface area (Å²) in [6, 6.07) is 3.84. The van der Waals surface area contributed by atoms with Gasteiger partial charge >= 0.3 is 0 Å². The van der Waals surface area contributed by atoms with E-state index in [4.69, 9.17) is 4.42 Å². The van der Waals surface area contributed by atoms with Gasteiger partial charge in [-0.1, -0.05) is 6.07 Å². The highest BCUT2D eigenvalue weighted by Gasteiger charge is 2.27. The highest BCUT2D eigenvalue weighted by atomic mass is 32.2. The molecule has 4 heterocycles. The minimum Gasteiger partial charge on any atom is -0.414 e. The van der Waals surface area contributed by atoms with E-state index in [0.717, 1.165) is 4.88 Å². The number of rotatable bonds is 5. The topological polar surface area (TPSA) is 105 Å². The number of hydrogen-bond donors (Lipinski definition) is 0. The Morgan fingerprint density at radius 1 is 1.21 bits per heavy atom. The molecule has 0 spiro atoms. The lowest BCUT2D eigenvalue weighted by Gasteiger charge is -2.34. The van der Waals surface area contributed by atoms with E-state index in [2.05, 4.69) is 20.2 Å². The van der Waals surface area contributed by atoms with Crippen LogP contribution in [-0.4, -0.2) is 64.8 Å². The lowest BCUT2D eigenvalue weighted by Crippen LogP contribution is -2.49. The first-order valence-corrected chi connectivity index (χ1v) is 11.4. The van der Waals surface area contributed by atoms with Gasteiger partial charge in [0, 0.05) is 27.6 Å². The molecule has 0 unspecified atom stereocenters. The molecule has 1 fully saturated rings. The summed E-state index contributed by atoms with van der Waals surface area (Å²) >= 11 is 1.52. The van der Waals surface area contributed by atoms with E-state index >= 15 is 0 Å². The molecule has 0 N–H and O–H groups in total. The fourth-order valence-corrected chi connectivity index (χ4v) is 4.72. The van der Waals surface area contributed by atoms with Crippen molar-refractivity contribution < 1.29 is 14.3 Å². The van der Waals surface area contributed by atoms with Gasteiger partial charge in [0.1, 0.15) is 5.82 Å². The summed E-state index contributed by atoms with van der Waals surface area (Å²) in [6.45, 7) is 5.48. The van der Waals surface area contributed by atoms with E-state index in [9.17, 15) is 8.42 Å². The standard InChI is InChI=1S/C17H20N6O3S2.H2/c1-3-28(24,25)23-8-6-22(7-9-23)14-11-18-12(2)15(19-14)17-21-20-16(26-17)13-5-4-10-27-13;/h4-5,10-11H,3,6-9H2,1-2H3;1H. The maximum absolute atomic E-state index is 12.0. The Bertz CT molecular complexity index is 1060. The summed E-state index contributed by atoms with van der Waals surface area (Å²) in [4.78, 5) is 12.0. The number of aromatic nitrogens is 4. The average Bonchev–Trinajstić information content (AvgIpc) is 3.40. The second-order valence-electron chi connectivity index (χ2n) is 6.34. The summed E-state index contributed by atoms with van der Waals surface area (Å²) in [5, 5.41) is 10.2. The normalized spacial score (nSPS) is 15.9. The van der Waals surface area contributed by atoms with Crippen molar-refractivity contribution in [2.24, 2.45) is 0 Å². The molecule has 28 heavy (non-hydrogen) atoms. The Balaban J connectivity index is 0.00000240. The van der Waals surface area contributed by atoms with Gasteiger partial charge in [0.05, 0.1) is 22.5 Å². The molecule has 0 radical (unpaired) electrons. The molecule has 4 rings (SSSR count). The van der Waals surface area contributed by atoms with Gasteiger partial charge in [-0.2, -0.15) is 4.31 Å². The highest BCUT2D eigenvalue weighted by Crippen LogP contribution is 2.28. The van der Waals surface area contributed by atoms with Crippen LogP contribution in [0.15, 0.2) is 28.1 Å². The van der Waals surface area contributed by atoms with Gasteiger partial charge in [0.25, 0.3) is 11.8 Å².